The zero-order chi connectivity index (χ0) is 13.1. The molecule has 7 heteroatoms. The Morgan fingerprint density at radius 1 is 1.32 bits per heavy atom. The molecule has 3 rings (SSSR count). The van der Waals surface area contributed by atoms with Crippen LogP contribution in [0.3, 0.4) is 0 Å². The van der Waals surface area contributed by atoms with Gasteiger partial charge in [-0.2, -0.15) is 5.21 Å². The number of rotatable bonds is 3. The molecule has 1 unspecified atom stereocenters. The van der Waals surface area contributed by atoms with Crippen LogP contribution in [0.5, 0.6) is 0 Å². The molecule has 2 aromatic rings. The first-order valence-electron chi connectivity index (χ1n) is 6.01. The van der Waals surface area contributed by atoms with E-state index < -0.39 is 5.60 Å². The Labute approximate surface area is 109 Å². The van der Waals surface area contributed by atoms with Crippen LogP contribution in [-0.2, 0) is 10.3 Å². The Morgan fingerprint density at radius 3 is 2.79 bits per heavy atom. The van der Waals surface area contributed by atoms with E-state index in [2.05, 4.69) is 25.9 Å². The fraction of sp³-hybridized carbons (Fsp3) is 0.333. The van der Waals surface area contributed by atoms with Gasteiger partial charge in [0, 0.05) is 18.7 Å². The number of H-pyrrole nitrogens is 1. The van der Waals surface area contributed by atoms with E-state index in [4.69, 9.17) is 4.74 Å². The van der Waals surface area contributed by atoms with Crippen molar-refractivity contribution in [2.75, 3.05) is 19.7 Å². The molecule has 0 bridgehead atoms. The maximum absolute atomic E-state index is 12.7. The number of Topliss-reactive ketones (excluding diaryl/α,β-unsaturated/α-hetero) is 1. The number of nitrogens with zero attached hydrogens (tertiary/aromatic N) is 3. The number of nitrogens with one attached hydrogen (secondary N) is 2. The summed E-state index contributed by atoms with van der Waals surface area (Å²) in [5.41, 5.74) is -0.636. The van der Waals surface area contributed by atoms with Gasteiger partial charge in [-0.15, -0.1) is 10.2 Å². The minimum atomic E-state index is -1.20. The van der Waals surface area contributed by atoms with Crippen molar-refractivity contribution in [2.45, 2.75) is 5.60 Å². The smallest absolute Gasteiger partial charge is 0.215 e. The summed E-state index contributed by atoms with van der Waals surface area (Å²) in [5.74, 6) is 0.0928. The topological polar surface area (TPSA) is 92.8 Å². The van der Waals surface area contributed by atoms with E-state index in [1.54, 1.807) is 12.1 Å². The SMILES string of the molecule is O=C(c1ccccc1)C1(c2nn[nH]n2)CNCCO1. The fourth-order valence-corrected chi connectivity index (χ4v) is 2.16. The van der Waals surface area contributed by atoms with Crippen molar-refractivity contribution in [3.63, 3.8) is 0 Å². The van der Waals surface area contributed by atoms with E-state index in [-0.39, 0.29) is 11.6 Å². The highest BCUT2D eigenvalue weighted by Crippen LogP contribution is 2.28. The van der Waals surface area contributed by atoms with Gasteiger partial charge in [0.1, 0.15) is 0 Å². The highest BCUT2D eigenvalue weighted by molar-refractivity contribution is 6.02. The first-order chi connectivity index (χ1) is 9.33. The average molecular weight is 259 g/mol. The highest BCUT2D eigenvalue weighted by Gasteiger charge is 2.47. The van der Waals surface area contributed by atoms with E-state index in [1.165, 1.54) is 0 Å². The predicted molar refractivity (Wildman–Crippen MR) is 65.4 cm³/mol. The summed E-state index contributed by atoms with van der Waals surface area (Å²) in [5, 5.41) is 16.9. The standard InChI is InChI=1S/C12H13N5O2/c18-10(9-4-2-1-3-5-9)12(8-13-6-7-19-12)11-14-16-17-15-11/h1-5,13H,6-8H2,(H,14,15,16,17). The van der Waals surface area contributed by atoms with Gasteiger partial charge in [-0.05, 0) is 0 Å². The Morgan fingerprint density at radius 2 is 2.16 bits per heavy atom. The lowest BCUT2D eigenvalue weighted by Crippen LogP contribution is -2.53. The monoisotopic (exact) mass is 259 g/mol. The Kier molecular flexibility index (Phi) is 3.06. The number of ketones is 1. The molecule has 1 aliphatic heterocycles. The van der Waals surface area contributed by atoms with Gasteiger partial charge in [-0.25, -0.2) is 0 Å². The number of aromatic nitrogens is 4. The zero-order valence-electron chi connectivity index (χ0n) is 10.2. The summed E-state index contributed by atoms with van der Waals surface area (Å²) in [6, 6.07) is 8.99. The molecular weight excluding hydrogens is 246 g/mol. The van der Waals surface area contributed by atoms with Gasteiger partial charge >= 0.3 is 0 Å². The van der Waals surface area contributed by atoms with Crippen LogP contribution in [0.2, 0.25) is 0 Å². The summed E-state index contributed by atoms with van der Waals surface area (Å²) < 4.78 is 5.73. The van der Waals surface area contributed by atoms with Crippen molar-refractivity contribution in [1.82, 2.24) is 25.9 Å². The average Bonchev–Trinajstić information content (AvgIpc) is 3.03. The lowest BCUT2D eigenvalue weighted by molar-refractivity contribution is -0.0521. The number of hydrogen-bond donors (Lipinski definition) is 2. The number of aromatic amines is 1. The number of hydrogen-bond acceptors (Lipinski definition) is 6. The third-order valence-corrected chi connectivity index (χ3v) is 3.11. The minimum Gasteiger partial charge on any atom is -0.356 e. The van der Waals surface area contributed by atoms with Crippen LogP contribution in [0.4, 0.5) is 0 Å². The maximum Gasteiger partial charge on any atom is 0.215 e. The number of carbonyl (C=O) groups is 1. The molecule has 0 aliphatic carbocycles. The molecule has 1 atom stereocenters. The molecule has 0 saturated carbocycles. The molecule has 1 aromatic heterocycles. The molecular formula is C12H13N5O2. The second kappa shape index (κ2) is 4.87. The van der Waals surface area contributed by atoms with Crippen LogP contribution < -0.4 is 5.32 Å². The van der Waals surface area contributed by atoms with Gasteiger partial charge < -0.3 is 10.1 Å². The molecule has 1 aliphatic rings. The molecule has 19 heavy (non-hydrogen) atoms. The first-order valence-corrected chi connectivity index (χ1v) is 6.01. The van der Waals surface area contributed by atoms with Gasteiger partial charge in [0.05, 0.1) is 6.61 Å². The molecule has 2 N–H and O–H groups in total. The van der Waals surface area contributed by atoms with Gasteiger partial charge in [-0.3, -0.25) is 4.79 Å². The van der Waals surface area contributed by atoms with Crippen molar-refractivity contribution in [1.29, 1.82) is 0 Å². The fourth-order valence-electron chi connectivity index (χ4n) is 2.16. The second-order valence-electron chi connectivity index (χ2n) is 4.28. The molecule has 1 aromatic carbocycles. The zero-order valence-corrected chi connectivity index (χ0v) is 10.2. The number of morpholine rings is 1. The van der Waals surface area contributed by atoms with Crippen molar-refractivity contribution in [3.05, 3.63) is 41.7 Å². The van der Waals surface area contributed by atoms with Crippen LogP contribution >= 0.6 is 0 Å². The Balaban J connectivity index is 2.03. The van der Waals surface area contributed by atoms with Crippen LogP contribution in [0.15, 0.2) is 30.3 Å². The number of benzene rings is 1. The first kappa shape index (κ1) is 11.9. The third-order valence-electron chi connectivity index (χ3n) is 3.11. The van der Waals surface area contributed by atoms with Gasteiger partial charge in [0.25, 0.3) is 0 Å². The van der Waals surface area contributed by atoms with E-state index in [1.807, 2.05) is 18.2 Å². The molecule has 98 valence electrons. The van der Waals surface area contributed by atoms with Crippen molar-refractivity contribution in [3.8, 4) is 0 Å². The molecule has 0 radical (unpaired) electrons. The van der Waals surface area contributed by atoms with Gasteiger partial charge in [0.2, 0.25) is 17.2 Å². The number of tetrazole rings is 1. The molecule has 2 heterocycles. The number of ether oxygens (including phenoxy) is 1. The van der Waals surface area contributed by atoms with E-state index >= 15 is 0 Å². The molecule has 1 saturated heterocycles. The van der Waals surface area contributed by atoms with Crippen molar-refractivity contribution < 1.29 is 9.53 Å². The second-order valence-corrected chi connectivity index (χ2v) is 4.28. The van der Waals surface area contributed by atoms with E-state index in [0.29, 0.717) is 25.3 Å². The molecule has 0 amide bonds. The Hall–Kier alpha value is -2.12. The van der Waals surface area contributed by atoms with E-state index in [9.17, 15) is 4.79 Å². The number of carbonyl (C=O) groups excluding carboxylic acids is 1. The van der Waals surface area contributed by atoms with Crippen LogP contribution in [-0.4, -0.2) is 46.1 Å². The van der Waals surface area contributed by atoms with Crippen LogP contribution in [0.1, 0.15) is 16.2 Å². The van der Waals surface area contributed by atoms with Crippen LogP contribution in [0.25, 0.3) is 0 Å². The lowest BCUT2D eigenvalue weighted by atomic mass is 9.90. The van der Waals surface area contributed by atoms with E-state index in [0.717, 1.165) is 0 Å². The maximum atomic E-state index is 12.7. The normalized spacial score (nSPS) is 23.2. The van der Waals surface area contributed by atoms with Crippen molar-refractivity contribution in [2.24, 2.45) is 0 Å². The summed E-state index contributed by atoms with van der Waals surface area (Å²) in [6.07, 6.45) is 0. The molecule has 1 fully saturated rings. The summed E-state index contributed by atoms with van der Waals surface area (Å²) in [7, 11) is 0. The summed E-state index contributed by atoms with van der Waals surface area (Å²) in [6.45, 7) is 1.45. The molecule has 7 nitrogen and oxygen atoms in total. The summed E-state index contributed by atoms with van der Waals surface area (Å²) >= 11 is 0. The van der Waals surface area contributed by atoms with Crippen LogP contribution in [0, 0.1) is 0 Å². The van der Waals surface area contributed by atoms with Crippen molar-refractivity contribution >= 4 is 5.78 Å². The Bertz CT molecular complexity index is 549. The quantitative estimate of drug-likeness (QED) is 0.748. The van der Waals surface area contributed by atoms with Gasteiger partial charge in [-0.1, -0.05) is 35.5 Å². The predicted octanol–water partition coefficient (Wildman–Crippen LogP) is -0.102. The molecule has 0 spiro atoms. The largest absolute Gasteiger partial charge is 0.356 e. The summed E-state index contributed by atoms with van der Waals surface area (Å²) in [4.78, 5) is 12.7. The highest BCUT2D eigenvalue weighted by atomic mass is 16.5. The lowest BCUT2D eigenvalue weighted by Gasteiger charge is -2.33. The minimum absolute atomic E-state index is 0.165. The third kappa shape index (κ3) is 2.02. The van der Waals surface area contributed by atoms with Gasteiger partial charge in [0.15, 0.2) is 0 Å².